The fourth-order valence-corrected chi connectivity index (χ4v) is 8.30. The molecule has 1 saturated carbocycles. The summed E-state index contributed by atoms with van der Waals surface area (Å²) >= 11 is 0. The molecule has 0 amide bonds. The van der Waals surface area contributed by atoms with Gasteiger partial charge in [0.15, 0.2) is 9.04 Å². The average Bonchev–Trinajstić information content (AvgIpc) is 2.39. The van der Waals surface area contributed by atoms with E-state index in [9.17, 15) is 0 Å². The molecule has 101 valence electrons. The normalized spacial score (nSPS) is 18.5. The summed E-state index contributed by atoms with van der Waals surface area (Å²) in [5.74, 6) is 0. The maximum Gasteiger partial charge on any atom is 0.197 e. The van der Waals surface area contributed by atoms with Crippen molar-refractivity contribution in [1.29, 1.82) is 0 Å². The predicted molar refractivity (Wildman–Crippen MR) is 81.6 cm³/mol. The molecule has 0 aliphatic heterocycles. The Hall–Kier alpha value is 0.394. The molecule has 0 aromatic carbocycles. The second-order valence-electron chi connectivity index (χ2n) is 5.56. The van der Waals surface area contributed by atoms with Gasteiger partial charge < -0.3 is 4.12 Å². The van der Waals surface area contributed by atoms with Crippen molar-refractivity contribution in [2.75, 3.05) is 0 Å². The molecule has 0 bridgehead atoms. The molecular formula is C14H31OSi2. The minimum atomic E-state index is -0.407. The summed E-state index contributed by atoms with van der Waals surface area (Å²) in [5, 5.41) is 0. The van der Waals surface area contributed by atoms with E-state index in [2.05, 4.69) is 13.8 Å². The number of rotatable bonds is 9. The quantitative estimate of drug-likeness (QED) is 0.564. The van der Waals surface area contributed by atoms with Crippen molar-refractivity contribution in [2.24, 2.45) is 0 Å². The molecule has 3 heteroatoms. The van der Waals surface area contributed by atoms with E-state index >= 15 is 0 Å². The monoisotopic (exact) mass is 271 g/mol. The zero-order chi connectivity index (χ0) is 12.3. The van der Waals surface area contributed by atoms with Crippen LogP contribution in [0.4, 0.5) is 0 Å². The van der Waals surface area contributed by atoms with Gasteiger partial charge in [-0.1, -0.05) is 71.6 Å². The lowest BCUT2D eigenvalue weighted by Gasteiger charge is -2.23. The zero-order valence-electron chi connectivity index (χ0n) is 12.0. The Balaban J connectivity index is 2.16. The van der Waals surface area contributed by atoms with Gasteiger partial charge in [-0.05, 0) is 17.6 Å². The van der Waals surface area contributed by atoms with Crippen molar-refractivity contribution < 1.29 is 4.12 Å². The van der Waals surface area contributed by atoms with Crippen molar-refractivity contribution in [3.05, 3.63) is 0 Å². The van der Waals surface area contributed by atoms with E-state index in [1.807, 2.05) is 0 Å². The minimum Gasteiger partial charge on any atom is -0.460 e. The number of unbranched alkanes of at least 4 members (excludes halogenated alkanes) is 2. The number of hydrogen-bond donors (Lipinski definition) is 0. The standard InChI is InChI=1S/C14H31OSi2/c1-3-5-12-17(13-6-4-2)15-16-14-10-8-7-9-11-14/h14H,3-13,16H2,1-2H3. The smallest absolute Gasteiger partial charge is 0.197 e. The van der Waals surface area contributed by atoms with E-state index in [1.54, 1.807) is 0 Å². The Morgan fingerprint density at radius 1 is 1.00 bits per heavy atom. The predicted octanol–water partition coefficient (Wildman–Crippen LogP) is 4.43. The topological polar surface area (TPSA) is 9.23 Å². The summed E-state index contributed by atoms with van der Waals surface area (Å²) in [5.41, 5.74) is 1.03. The summed E-state index contributed by atoms with van der Waals surface area (Å²) in [6.07, 6.45) is 12.9. The summed E-state index contributed by atoms with van der Waals surface area (Å²) < 4.78 is 6.43. The first-order chi connectivity index (χ1) is 8.36. The summed E-state index contributed by atoms with van der Waals surface area (Å²) in [6.45, 7) is 4.61. The van der Waals surface area contributed by atoms with Gasteiger partial charge >= 0.3 is 0 Å². The Morgan fingerprint density at radius 2 is 1.59 bits per heavy atom. The van der Waals surface area contributed by atoms with Gasteiger partial charge in [0.1, 0.15) is 9.76 Å². The lowest BCUT2D eigenvalue weighted by molar-refractivity contribution is 0.467. The Morgan fingerprint density at radius 3 is 2.12 bits per heavy atom. The molecule has 17 heavy (non-hydrogen) atoms. The summed E-state index contributed by atoms with van der Waals surface area (Å²) in [7, 11) is -0.600. The summed E-state index contributed by atoms with van der Waals surface area (Å²) in [4.78, 5) is 0. The fraction of sp³-hybridized carbons (Fsp3) is 1.00. The molecular weight excluding hydrogens is 240 g/mol. The molecule has 0 aromatic heterocycles. The minimum absolute atomic E-state index is 0.193. The van der Waals surface area contributed by atoms with Crippen LogP contribution in [0.15, 0.2) is 0 Å². The third kappa shape index (κ3) is 7.42. The zero-order valence-corrected chi connectivity index (χ0v) is 14.4. The molecule has 1 aliphatic rings. The van der Waals surface area contributed by atoms with Gasteiger partial charge in [-0.2, -0.15) is 0 Å². The third-order valence-corrected chi connectivity index (χ3v) is 9.28. The van der Waals surface area contributed by atoms with Gasteiger partial charge in [-0.25, -0.2) is 0 Å². The van der Waals surface area contributed by atoms with E-state index in [0.717, 1.165) is 5.54 Å². The molecule has 0 spiro atoms. The first-order valence-electron chi connectivity index (χ1n) is 7.84. The lowest BCUT2D eigenvalue weighted by Crippen LogP contribution is -2.23. The maximum absolute atomic E-state index is 6.43. The van der Waals surface area contributed by atoms with E-state index in [0.29, 0.717) is 0 Å². The van der Waals surface area contributed by atoms with Crippen LogP contribution in [0.1, 0.15) is 71.6 Å². The first-order valence-corrected chi connectivity index (χ1v) is 11.1. The van der Waals surface area contributed by atoms with Crippen LogP contribution in [0, 0.1) is 0 Å². The van der Waals surface area contributed by atoms with Gasteiger partial charge in [0.2, 0.25) is 0 Å². The molecule has 1 fully saturated rings. The highest BCUT2D eigenvalue weighted by atomic mass is 28.3. The van der Waals surface area contributed by atoms with Crippen molar-refractivity contribution >= 4 is 18.8 Å². The van der Waals surface area contributed by atoms with Crippen LogP contribution in [0.3, 0.4) is 0 Å². The molecule has 0 aromatic rings. The van der Waals surface area contributed by atoms with Gasteiger partial charge in [0.05, 0.1) is 0 Å². The van der Waals surface area contributed by atoms with Crippen LogP contribution >= 0.6 is 0 Å². The van der Waals surface area contributed by atoms with Crippen LogP contribution in [-0.2, 0) is 4.12 Å². The van der Waals surface area contributed by atoms with Gasteiger partial charge in [0.25, 0.3) is 0 Å². The summed E-state index contributed by atoms with van der Waals surface area (Å²) in [6, 6.07) is 2.84. The third-order valence-electron chi connectivity index (χ3n) is 3.87. The van der Waals surface area contributed by atoms with E-state index in [4.69, 9.17) is 4.12 Å². The van der Waals surface area contributed by atoms with Gasteiger partial charge in [0, 0.05) is 0 Å². The molecule has 1 rings (SSSR count). The van der Waals surface area contributed by atoms with E-state index in [-0.39, 0.29) is 9.76 Å². The molecule has 0 heterocycles. The van der Waals surface area contributed by atoms with Crippen molar-refractivity contribution in [3.8, 4) is 0 Å². The molecule has 1 aliphatic carbocycles. The van der Waals surface area contributed by atoms with Crippen LogP contribution in [-0.4, -0.2) is 18.8 Å². The first kappa shape index (κ1) is 15.5. The van der Waals surface area contributed by atoms with Crippen LogP contribution < -0.4 is 0 Å². The van der Waals surface area contributed by atoms with Crippen molar-refractivity contribution in [2.45, 2.75) is 89.3 Å². The molecule has 1 radical (unpaired) electrons. The molecule has 0 N–H and O–H groups in total. The molecule has 0 unspecified atom stereocenters. The largest absolute Gasteiger partial charge is 0.460 e. The Bertz CT molecular complexity index is 162. The highest BCUT2D eigenvalue weighted by Gasteiger charge is 2.18. The van der Waals surface area contributed by atoms with Crippen molar-refractivity contribution in [1.82, 2.24) is 0 Å². The van der Waals surface area contributed by atoms with Crippen LogP contribution in [0.2, 0.25) is 17.6 Å². The van der Waals surface area contributed by atoms with Gasteiger partial charge in [-0.3, -0.25) is 0 Å². The second kappa shape index (κ2) is 10.3. The van der Waals surface area contributed by atoms with E-state index in [1.165, 1.54) is 69.9 Å². The molecule has 0 atom stereocenters. The molecule has 1 nitrogen and oxygen atoms in total. The highest BCUT2D eigenvalue weighted by molar-refractivity contribution is 6.58. The average molecular weight is 272 g/mol. The highest BCUT2D eigenvalue weighted by Crippen LogP contribution is 2.28. The van der Waals surface area contributed by atoms with Crippen LogP contribution in [0.25, 0.3) is 0 Å². The van der Waals surface area contributed by atoms with E-state index < -0.39 is 9.04 Å². The number of hydrogen-bond acceptors (Lipinski definition) is 1. The van der Waals surface area contributed by atoms with Crippen LogP contribution in [0.5, 0.6) is 0 Å². The fourth-order valence-electron chi connectivity index (χ4n) is 2.61. The van der Waals surface area contributed by atoms with Gasteiger partial charge in [-0.15, -0.1) is 0 Å². The SMILES string of the molecule is CCCC[Si](CCCC)O[SiH2]C1CCCCC1. The maximum atomic E-state index is 6.43. The molecule has 0 saturated heterocycles. The van der Waals surface area contributed by atoms with Crippen molar-refractivity contribution in [3.63, 3.8) is 0 Å². The second-order valence-corrected chi connectivity index (χ2v) is 10.3. The Labute approximate surface area is 112 Å². The lowest BCUT2D eigenvalue weighted by atomic mass is 10.0. The Kier molecular flexibility index (Phi) is 9.39.